The zero-order valence-corrected chi connectivity index (χ0v) is 11.9. The van der Waals surface area contributed by atoms with Crippen LogP contribution in [0.2, 0.25) is 0 Å². The van der Waals surface area contributed by atoms with Gasteiger partial charge in [0.05, 0.1) is 12.3 Å². The molecule has 1 aliphatic heterocycles. The Bertz CT molecular complexity index is 630. The van der Waals surface area contributed by atoms with Gasteiger partial charge in [0.1, 0.15) is 11.7 Å². The maximum atomic E-state index is 14.1. The predicted octanol–water partition coefficient (Wildman–Crippen LogP) is 0.982. The van der Waals surface area contributed by atoms with Crippen molar-refractivity contribution >= 4 is 23.3 Å². The zero-order valence-electron chi connectivity index (χ0n) is 11.9. The Morgan fingerprint density at radius 2 is 2.14 bits per heavy atom. The lowest BCUT2D eigenvalue weighted by Gasteiger charge is -2.33. The summed E-state index contributed by atoms with van der Waals surface area (Å²) in [6, 6.07) is 2.83. The molecule has 6 nitrogen and oxygen atoms in total. The van der Waals surface area contributed by atoms with Gasteiger partial charge in [-0.2, -0.15) is 0 Å². The molecule has 3 N–H and O–H groups in total. The molecule has 1 fully saturated rings. The van der Waals surface area contributed by atoms with E-state index in [-0.39, 0.29) is 31.3 Å². The van der Waals surface area contributed by atoms with E-state index in [2.05, 4.69) is 5.32 Å². The summed E-state index contributed by atoms with van der Waals surface area (Å²) in [6.45, 7) is 0.0632. The van der Waals surface area contributed by atoms with E-state index in [1.165, 1.54) is 17.0 Å². The number of fused-ring (bicyclic) bond motifs is 1. The van der Waals surface area contributed by atoms with E-state index in [0.717, 1.165) is 12.8 Å². The Labute approximate surface area is 126 Å². The molecule has 0 aromatic heterocycles. The SMILES string of the molecule is O=C(O)C1Cc2cc(F)c(NCCO)cc2N(C2CC2)C1=O. The topological polar surface area (TPSA) is 89.9 Å². The lowest BCUT2D eigenvalue weighted by atomic mass is 9.91. The number of carboxylic acids is 1. The molecule has 118 valence electrons. The first kappa shape index (κ1) is 14.8. The number of hydrogen-bond acceptors (Lipinski definition) is 4. The molecule has 1 saturated carbocycles. The van der Waals surface area contributed by atoms with E-state index in [9.17, 15) is 19.1 Å². The van der Waals surface area contributed by atoms with Crippen LogP contribution in [-0.2, 0) is 16.0 Å². The number of benzene rings is 1. The highest BCUT2D eigenvalue weighted by molar-refractivity contribution is 6.09. The fourth-order valence-electron chi connectivity index (χ4n) is 2.81. The molecule has 0 radical (unpaired) electrons. The quantitative estimate of drug-likeness (QED) is 0.706. The van der Waals surface area contributed by atoms with Crippen LogP contribution in [0.3, 0.4) is 0 Å². The second kappa shape index (κ2) is 5.57. The third-order valence-corrected chi connectivity index (χ3v) is 4.02. The fraction of sp³-hybridized carbons (Fsp3) is 0.467. The molecule has 1 amide bonds. The number of aliphatic hydroxyl groups excluding tert-OH is 1. The van der Waals surface area contributed by atoms with Crippen LogP contribution < -0.4 is 10.2 Å². The highest BCUT2D eigenvalue weighted by atomic mass is 19.1. The van der Waals surface area contributed by atoms with Crippen LogP contribution in [0.1, 0.15) is 18.4 Å². The van der Waals surface area contributed by atoms with E-state index >= 15 is 0 Å². The van der Waals surface area contributed by atoms with Gasteiger partial charge < -0.3 is 20.4 Å². The van der Waals surface area contributed by atoms with Gasteiger partial charge in [0.25, 0.3) is 0 Å². The minimum absolute atomic E-state index is 0.00389. The van der Waals surface area contributed by atoms with Gasteiger partial charge >= 0.3 is 5.97 Å². The molecule has 0 spiro atoms. The normalized spacial score (nSPS) is 20.7. The summed E-state index contributed by atoms with van der Waals surface area (Å²) in [4.78, 5) is 25.2. The maximum absolute atomic E-state index is 14.1. The molecule has 0 bridgehead atoms. The fourth-order valence-corrected chi connectivity index (χ4v) is 2.81. The van der Waals surface area contributed by atoms with Crippen molar-refractivity contribution in [2.75, 3.05) is 23.4 Å². The molecule has 3 rings (SSSR count). The number of rotatable bonds is 5. The van der Waals surface area contributed by atoms with Gasteiger partial charge in [-0.15, -0.1) is 0 Å². The standard InChI is InChI=1S/C15H17FN2O4/c16-11-6-8-5-10(15(21)22)14(20)18(9-1-2-9)13(8)7-12(11)17-3-4-19/h6-7,9-10,17,19H,1-5H2,(H,21,22). The summed E-state index contributed by atoms with van der Waals surface area (Å²) in [5.74, 6) is -3.27. The lowest BCUT2D eigenvalue weighted by molar-refractivity contribution is -0.146. The van der Waals surface area contributed by atoms with Crippen LogP contribution >= 0.6 is 0 Å². The second-order valence-corrected chi connectivity index (χ2v) is 5.65. The Morgan fingerprint density at radius 3 is 2.73 bits per heavy atom. The summed E-state index contributed by atoms with van der Waals surface area (Å²) in [5, 5.41) is 20.8. The molecule has 7 heteroatoms. The van der Waals surface area contributed by atoms with Crippen LogP contribution in [0.15, 0.2) is 12.1 Å². The number of anilines is 2. The van der Waals surface area contributed by atoms with Crippen molar-refractivity contribution in [2.24, 2.45) is 5.92 Å². The summed E-state index contributed by atoms with van der Waals surface area (Å²) < 4.78 is 14.1. The van der Waals surface area contributed by atoms with Crippen molar-refractivity contribution in [1.82, 2.24) is 0 Å². The molecular weight excluding hydrogens is 291 g/mol. The third-order valence-electron chi connectivity index (χ3n) is 4.02. The van der Waals surface area contributed by atoms with Crippen LogP contribution in [0, 0.1) is 11.7 Å². The first-order chi connectivity index (χ1) is 10.5. The number of carbonyl (C=O) groups excluding carboxylic acids is 1. The molecular formula is C15H17FN2O4. The molecule has 1 atom stereocenters. The number of nitrogens with zero attached hydrogens (tertiary/aromatic N) is 1. The molecule has 1 aromatic carbocycles. The van der Waals surface area contributed by atoms with E-state index in [4.69, 9.17) is 5.11 Å². The van der Waals surface area contributed by atoms with E-state index in [1.54, 1.807) is 0 Å². The van der Waals surface area contributed by atoms with Crippen molar-refractivity contribution in [1.29, 1.82) is 0 Å². The first-order valence-electron chi connectivity index (χ1n) is 7.26. The molecule has 0 saturated heterocycles. The van der Waals surface area contributed by atoms with Crippen molar-refractivity contribution in [2.45, 2.75) is 25.3 Å². The van der Waals surface area contributed by atoms with E-state index < -0.39 is 23.6 Å². The molecule has 22 heavy (non-hydrogen) atoms. The van der Waals surface area contributed by atoms with Gasteiger partial charge in [-0.25, -0.2) is 4.39 Å². The minimum atomic E-state index is -1.18. The number of hydrogen-bond donors (Lipinski definition) is 3. The van der Waals surface area contributed by atoms with Crippen LogP contribution in [0.25, 0.3) is 0 Å². The Kier molecular flexibility index (Phi) is 3.74. The van der Waals surface area contributed by atoms with E-state index in [1.807, 2.05) is 0 Å². The van der Waals surface area contributed by atoms with Gasteiger partial charge in [0.15, 0.2) is 0 Å². The number of carbonyl (C=O) groups is 2. The Morgan fingerprint density at radius 1 is 1.41 bits per heavy atom. The highest BCUT2D eigenvalue weighted by Crippen LogP contribution is 2.41. The number of aliphatic hydroxyl groups is 1. The van der Waals surface area contributed by atoms with Gasteiger partial charge in [0.2, 0.25) is 5.91 Å². The van der Waals surface area contributed by atoms with Crippen molar-refractivity contribution in [3.05, 3.63) is 23.5 Å². The second-order valence-electron chi connectivity index (χ2n) is 5.65. The Hall–Kier alpha value is -2.15. The molecule has 1 unspecified atom stereocenters. The van der Waals surface area contributed by atoms with Gasteiger partial charge in [-0.3, -0.25) is 9.59 Å². The summed E-state index contributed by atoms with van der Waals surface area (Å²) in [5.41, 5.74) is 1.32. The minimum Gasteiger partial charge on any atom is -0.481 e. The van der Waals surface area contributed by atoms with Crippen molar-refractivity contribution in [3.63, 3.8) is 0 Å². The highest BCUT2D eigenvalue weighted by Gasteiger charge is 2.44. The van der Waals surface area contributed by atoms with Gasteiger partial charge in [-0.1, -0.05) is 0 Å². The largest absolute Gasteiger partial charge is 0.481 e. The predicted molar refractivity (Wildman–Crippen MR) is 77.3 cm³/mol. The van der Waals surface area contributed by atoms with Crippen LogP contribution in [-0.4, -0.2) is 41.3 Å². The number of carboxylic acid groups (broad SMARTS) is 1. The number of nitrogens with one attached hydrogen (secondary N) is 1. The smallest absolute Gasteiger partial charge is 0.316 e. The number of halogens is 1. The third kappa shape index (κ3) is 2.52. The average molecular weight is 308 g/mol. The van der Waals surface area contributed by atoms with Crippen molar-refractivity contribution < 1.29 is 24.2 Å². The zero-order chi connectivity index (χ0) is 15.9. The monoisotopic (exact) mass is 308 g/mol. The Balaban J connectivity index is 2.02. The first-order valence-corrected chi connectivity index (χ1v) is 7.26. The molecule has 1 aromatic rings. The summed E-state index contributed by atoms with van der Waals surface area (Å²) >= 11 is 0. The summed E-state index contributed by atoms with van der Waals surface area (Å²) in [6.07, 6.45) is 1.66. The molecule has 1 aliphatic carbocycles. The number of amides is 1. The molecule has 2 aliphatic rings. The lowest BCUT2D eigenvalue weighted by Crippen LogP contribution is -2.45. The average Bonchev–Trinajstić information content (AvgIpc) is 3.29. The van der Waals surface area contributed by atoms with Crippen LogP contribution in [0.5, 0.6) is 0 Å². The maximum Gasteiger partial charge on any atom is 0.316 e. The van der Waals surface area contributed by atoms with Crippen LogP contribution in [0.4, 0.5) is 15.8 Å². The number of aliphatic carboxylic acids is 1. The van der Waals surface area contributed by atoms with E-state index in [0.29, 0.717) is 11.3 Å². The van der Waals surface area contributed by atoms with Crippen molar-refractivity contribution in [3.8, 4) is 0 Å². The van der Waals surface area contributed by atoms with Gasteiger partial charge in [-0.05, 0) is 37.0 Å². The summed E-state index contributed by atoms with van der Waals surface area (Å²) in [7, 11) is 0. The molecule has 1 heterocycles. The van der Waals surface area contributed by atoms with Gasteiger partial charge in [0, 0.05) is 18.3 Å².